The first-order chi connectivity index (χ1) is 16.2. The van der Waals surface area contributed by atoms with Gasteiger partial charge in [0, 0.05) is 21.4 Å². The molecule has 33 heavy (non-hydrogen) atoms. The molecule has 0 radical (unpaired) electrons. The highest BCUT2D eigenvalue weighted by molar-refractivity contribution is 7.98. The van der Waals surface area contributed by atoms with Crippen molar-refractivity contribution < 1.29 is 9.90 Å². The summed E-state index contributed by atoms with van der Waals surface area (Å²) in [5.41, 5.74) is 5.91. The Bertz CT molecular complexity index is 1490. The van der Waals surface area contributed by atoms with Gasteiger partial charge in [0.2, 0.25) is 0 Å². The van der Waals surface area contributed by atoms with Gasteiger partial charge in [-0.2, -0.15) is 5.26 Å². The molecule has 0 aliphatic carbocycles. The summed E-state index contributed by atoms with van der Waals surface area (Å²) < 4.78 is 2.21. The number of rotatable bonds is 6. The molecule has 160 valence electrons. The Balaban J connectivity index is 1.73. The Morgan fingerprint density at radius 2 is 1.70 bits per heavy atom. The van der Waals surface area contributed by atoms with Gasteiger partial charge in [0.05, 0.1) is 17.6 Å². The van der Waals surface area contributed by atoms with Gasteiger partial charge in [0.1, 0.15) is 10.9 Å². The number of benzene rings is 3. The molecule has 4 nitrogen and oxygen atoms in total. The SMILES string of the molecule is N#Cc1sccc1-c1c(-c2ccccc2)n(Sc2ccc(CC(=O)O)cc2)c2ccccc12. The molecule has 0 amide bonds. The average molecular weight is 467 g/mol. The van der Waals surface area contributed by atoms with E-state index in [9.17, 15) is 10.1 Å². The van der Waals surface area contributed by atoms with E-state index in [0.29, 0.717) is 4.88 Å². The topological polar surface area (TPSA) is 66.0 Å². The number of carbonyl (C=O) groups is 1. The van der Waals surface area contributed by atoms with Crippen LogP contribution in [0.25, 0.3) is 33.3 Å². The summed E-state index contributed by atoms with van der Waals surface area (Å²) in [6.07, 6.45) is 0.00586. The van der Waals surface area contributed by atoms with Crippen LogP contribution in [-0.4, -0.2) is 15.0 Å². The van der Waals surface area contributed by atoms with E-state index in [1.165, 1.54) is 11.3 Å². The van der Waals surface area contributed by atoms with Gasteiger partial charge in [0.15, 0.2) is 0 Å². The van der Waals surface area contributed by atoms with Gasteiger partial charge in [-0.3, -0.25) is 8.77 Å². The summed E-state index contributed by atoms with van der Waals surface area (Å²) in [5, 5.41) is 21.8. The fourth-order valence-electron chi connectivity index (χ4n) is 3.98. The zero-order chi connectivity index (χ0) is 22.8. The van der Waals surface area contributed by atoms with Crippen LogP contribution in [-0.2, 0) is 11.2 Å². The maximum Gasteiger partial charge on any atom is 0.307 e. The predicted octanol–water partition coefficient (Wildman–Crippen LogP) is 7.09. The Morgan fingerprint density at radius 3 is 2.42 bits per heavy atom. The van der Waals surface area contributed by atoms with E-state index in [1.807, 2.05) is 66.0 Å². The molecule has 1 N–H and O–H groups in total. The van der Waals surface area contributed by atoms with Crippen LogP contribution in [0.3, 0.4) is 0 Å². The lowest BCUT2D eigenvalue weighted by molar-refractivity contribution is -0.136. The first-order valence-electron chi connectivity index (χ1n) is 10.3. The molecule has 6 heteroatoms. The molecule has 5 aromatic rings. The number of aliphatic carboxylic acids is 1. The molecule has 0 aliphatic rings. The number of hydrogen-bond donors (Lipinski definition) is 1. The fraction of sp³-hybridized carbons (Fsp3) is 0.0370. The van der Waals surface area contributed by atoms with Gasteiger partial charge in [0.25, 0.3) is 0 Å². The number of nitriles is 1. The number of fused-ring (bicyclic) bond motifs is 1. The van der Waals surface area contributed by atoms with E-state index in [0.717, 1.165) is 43.7 Å². The van der Waals surface area contributed by atoms with Crippen molar-refractivity contribution in [3.05, 3.63) is 101 Å². The van der Waals surface area contributed by atoms with Gasteiger partial charge in [-0.15, -0.1) is 11.3 Å². The Morgan fingerprint density at radius 1 is 0.970 bits per heavy atom. The number of hydrogen-bond acceptors (Lipinski definition) is 4. The van der Waals surface area contributed by atoms with Crippen molar-refractivity contribution in [2.24, 2.45) is 0 Å². The van der Waals surface area contributed by atoms with Crippen LogP contribution >= 0.6 is 23.3 Å². The highest BCUT2D eigenvalue weighted by atomic mass is 32.2. The highest BCUT2D eigenvalue weighted by Crippen LogP contribution is 2.46. The summed E-state index contributed by atoms with van der Waals surface area (Å²) in [5.74, 6) is -0.841. The van der Waals surface area contributed by atoms with Gasteiger partial charge >= 0.3 is 5.97 Å². The van der Waals surface area contributed by atoms with Crippen molar-refractivity contribution >= 4 is 40.2 Å². The fourth-order valence-corrected chi connectivity index (χ4v) is 5.68. The van der Waals surface area contributed by atoms with Crippen LogP contribution in [0.15, 0.2) is 95.2 Å². The molecule has 0 unspecified atom stereocenters. The van der Waals surface area contributed by atoms with Crippen molar-refractivity contribution in [1.29, 1.82) is 5.26 Å². The molecule has 0 fully saturated rings. The first kappa shape index (κ1) is 21.1. The van der Waals surface area contributed by atoms with Crippen molar-refractivity contribution in [1.82, 2.24) is 3.97 Å². The molecule has 0 atom stereocenters. The molecule has 2 heterocycles. The third-order valence-electron chi connectivity index (χ3n) is 5.39. The van der Waals surface area contributed by atoms with Crippen molar-refractivity contribution in [3.63, 3.8) is 0 Å². The van der Waals surface area contributed by atoms with Crippen LogP contribution in [0.5, 0.6) is 0 Å². The standard InChI is InChI=1S/C27H18N2O2S2/c28-17-24-22(14-15-32-24)26-21-8-4-5-9-23(21)29(27(26)19-6-2-1-3-7-19)33-20-12-10-18(11-13-20)16-25(30)31/h1-15H,16H2,(H,30,31). The maximum atomic E-state index is 11.0. The summed E-state index contributed by atoms with van der Waals surface area (Å²) in [6.45, 7) is 0. The van der Waals surface area contributed by atoms with E-state index in [1.54, 1.807) is 11.9 Å². The van der Waals surface area contributed by atoms with Crippen LogP contribution in [0, 0.1) is 11.3 Å². The quantitative estimate of drug-likeness (QED) is 0.290. The number of carboxylic acids is 1. The number of para-hydroxylation sites is 1. The van der Waals surface area contributed by atoms with Gasteiger partial charge < -0.3 is 5.11 Å². The molecule has 0 bridgehead atoms. The molecular formula is C27H18N2O2S2. The smallest absolute Gasteiger partial charge is 0.307 e. The summed E-state index contributed by atoms with van der Waals surface area (Å²) in [7, 11) is 0. The highest BCUT2D eigenvalue weighted by Gasteiger charge is 2.23. The van der Waals surface area contributed by atoms with E-state index in [4.69, 9.17) is 5.11 Å². The van der Waals surface area contributed by atoms with E-state index >= 15 is 0 Å². The van der Waals surface area contributed by atoms with Crippen molar-refractivity contribution in [3.8, 4) is 28.5 Å². The summed E-state index contributed by atoms with van der Waals surface area (Å²) in [6, 6.07) is 30.4. The van der Waals surface area contributed by atoms with E-state index < -0.39 is 5.97 Å². The van der Waals surface area contributed by atoms with E-state index in [2.05, 4.69) is 34.3 Å². The number of carboxylic acid groups (broad SMARTS) is 1. The number of aromatic nitrogens is 1. The minimum atomic E-state index is -0.841. The van der Waals surface area contributed by atoms with Crippen molar-refractivity contribution in [2.45, 2.75) is 11.3 Å². The van der Waals surface area contributed by atoms with Crippen LogP contribution < -0.4 is 0 Å². The van der Waals surface area contributed by atoms with Gasteiger partial charge in [-0.1, -0.05) is 60.7 Å². The largest absolute Gasteiger partial charge is 0.481 e. The Hall–Kier alpha value is -3.79. The lowest BCUT2D eigenvalue weighted by Gasteiger charge is -2.12. The van der Waals surface area contributed by atoms with Gasteiger partial charge in [-0.25, -0.2) is 0 Å². The molecule has 2 aromatic heterocycles. The lowest BCUT2D eigenvalue weighted by Crippen LogP contribution is -1.99. The molecule has 0 aliphatic heterocycles. The number of nitrogens with zero attached hydrogens (tertiary/aromatic N) is 2. The maximum absolute atomic E-state index is 11.0. The average Bonchev–Trinajstić information content (AvgIpc) is 3.43. The second-order valence-electron chi connectivity index (χ2n) is 7.48. The zero-order valence-corrected chi connectivity index (χ0v) is 19.1. The van der Waals surface area contributed by atoms with Crippen LogP contribution in [0.1, 0.15) is 10.4 Å². The lowest BCUT2D eigenvalue weighted by atomic mass is 9.99. The van der Waals surface area contributed by atoms with Crippen molar-refractivity contribution in [2.75, 3.05) is 0 Å². The minimum Gasteiger partial charge on any atom is -0.481 e. The zero-order valence-electron chi connectivity index (χ0n) is 17.4. The molecule has 5 rings (SSSR count). The monoisotopic (exact) mass is 466 g/mol. The minimum absolute atomic E-state index is 0.00586. The second-order valence-corrected chi connectivity index (χ2v) is 9.42. The second kappa shape index (κ2) is 8.99. The number of thiophene rings is 1. The van der Waals surface area contributed by atoms with Crippen LogP contribution in [0.2, 0.25) is 0 Å². The summed E-state index contributed by atoms with van der Waals surface area (Å²) in [4.78, 5) is 12.7. The molecule has 3 aromatic carbocycles. The normalized spacial score (nSPS) is 10.9. The third kappa shape index (κ3) is 4.05. The Kier molecular flexibility index (Phi) is 5.74. The van der Waals surface area contributed by atoms with Crippen LogP contribution in [0.4, 0.5) is 0 Å². The first-order valence-corrected chi connectivity index (χ1v) is 12.0. The summed E-state index contributed by atoms with van der Waals surface area (Å²) >= 11 is 3.04. The predicted molar refractivity (Wildman–Crippen MR) is 134 cm³/mol. The third-order valence-corrected chi connectivity index (χ3v) is 7.25. The molecule has 0 spiro atoms. The molecule has 0 saturated carbocycles. The Labute approximate surface area is 199 Å². The molecule has 0 saturated heterocycles. The van der Waals surface area contributed by atoms with Gasteiger partial charge in [-0.05, 0) is 52.7 Å². The molecular weight excluding hydrogens is 448 g/mol. The van der Waals surface area contributed by atoms with E-state index in [-0.39, 0.29) is 6.42 Å².